The van der Waals surface area contributed by atoms with Crippen LogP contribution in [-0.4, -0.2) is 73.0 Å². The molecule has 2 heterocycles. The van der Waals surface area contributed by atoms with Crippen molar-refractivity contribution in [2.45, 2.75) is 32.1 Å². The second-order valence-corrected chi connectivity index (χ2v) is 7.11. The van der Waals surface area contributed by atoms with E-state index >= 15 is 0 Å². The molecule has 0 N–H and O–H groups in total. The Morgan fingerprint density at radius 2 is 1.54 bits per heavy atom. The quantitative estimate of drug-likeness (QED) is 0.768. The molecule has 1 aromatic rings. The number of benzene rings is 1. The molecule has 0 bridgehead atoms. The van der Waals surface area contributed by atoms with E-state index in [0.717, 1.165) is 45.7 Å². The summed E-state index contributed by atoms with van der Waals surface area (Å²) in [6, 6.07) is 10.7. The maximum absolute atomic E-state index is 12.3. The van der Waals surface area contributed by atoms with Crippen LogP contribution < -0.4 is 0 Å². The van der Waals surface area contributed by atoms with Gasteiger partial charge in [-0.05, 0) is 50.9 Å². The van der Waals surface area contributed by atoms with Gasteiger partial charge in [0.2, 0.25) is 5.91 Å². The van der Waals surface area contributed by atoms with Gasteiger partial charge in [-0.3, -0.25) is 4.79 Å². The molecule has 0 aromatic heterocycles. The van der Waals surface area contributed by atoms with E-state index in [9.17, 15) is 4.79 Å². The molecule has 2 aliphatic rings. The van der Waals surface area contributed by atoms with Gasteiger partial charge in [-0.1, -0.05) is 30.3 Å². The molecule has 4 heteroatoms. The minimum Gasteiger partial charge on any atom is -0.340 e. The van der Waals surface area contributed by atoms with Crippen molar-refractivity contribution in [3.05, 3.63) is 35.9 Å². The van der Waals surface area contributed by atoms with Gasteiger partial charge >= 0.3 is 0 Å². The van der Waals surface area contributed by atoms with Gasteiger partial charge in [0.1, 0.15) is 0 Å². The molecule has 0 atom stereocenters. The van der Waals surface area contributed by atoms with Gasteiger partial charge in [0.05, 0.1) is 0 Å². The highest BCUT2D eigenvalue weighted by Crippen LogP contribution is 2.10. The van der Waals surface area contributed by atoms with Gasteiger partial charge in [0, 0.05) is 39.1 Å². The minimum atomic E-state index is 0.347. The fraction of sp³-hybridized carbons (Fsp3) is 0.650. The van der Waals surface area contributed by atoms with Crippen molar-refractivity contribution in [1.82, 2.24) is 14.7 Å². The van der Waals surface area contributed by atoms with Crippen LogP contribution in [0.5, 0.6) is 0 Å². The predicted molar refractivity (Wildman–Crippen MR) is 98.1 cm³/mol. The van der Waals surface area contributed by atoms with Gasteiger partial charge < -0.3 is 14.7 Å². The van der Waals surface area contributed by atoms with Crippen LogP contribution >= 0.6 is 0 Å². The molecule has 1 amide bonds. The molecule has 3 rings (SSSR count). The smallest absolute Gasteiger partial charge is 0.223 e. The average Bonchev–Trinajstić information content (AvgIpc) is 3.06. The van der Waals surface area contributed by atoms with Crippen LogP contribution in [0.25, 0.3) is 0 Å². The first-order valence-electron chi connectivity index (χ1n) is 9.58. The molecule has 1 aromatic carbocycles. The van der Waals surface area contributed by atoms with Crippen LogP contribution in [0.1, 0.15) is 31.2 Å². The third-order valence-corrected chi connectivity index (χ3v) is 5.35. The van der Waals surface area contributed by atoms with Crippen molar-refractivity contribution in [3.63, 3.8) is 0 Å². The highest BCUT2D eigenvalue weighted by atomic mass is 16.2. The highest BCUT2D eigenvalue weighted by molar-refractivity contribution is 5.76. The van der Waals surface area contributed by atoms with Crippen LogP contribution in [-0.2, 0) is 11.2 Å². The summed E-state index contributed by atoms with van der Waals surface area (Å²) in [4.78, 5) is 19.4. The van der Waals surface area contributed by atoms with E-state index in [1.807, 2.05) is 0 Å². The molecule has 0 aliphatic carbocycles. The number of likely N-dealkylation sites (tertiary alicyclic amines) is 1. The summed E-state index contributed by atoms with van der Waals surface area (Å²) in [5.41, 5.74) is 1.41. The lowest BCUT2D eigenvalue weighted by Crippen LogP contribution is -2.39. The molecule has 2 fully saturated rings. The standard InChI is InChI=1S/C20H31N3O/c24-20-10-14-22(13-6-9-19-7-2-1-3-8-19)16-18-23(20)17-15-21-11-4-5-12-21/h1-3,7-8H,4-6,9-18H2. The molecular formula is C20H31N3O. The molecule has 0 unspecified atom stereocenters. The summed E-state index contributed by atoms with van der Waals surface area (Å²) in [5.74, 6) is 0.347. The van der Waals surface area contributed by atoms with Gasteiger partial charge in [0.15, 0.2) is 0 Å². The van der Waals surface area contributed by atoms with E-state index < -0.39 is 0 Å². The lowest BCUT2D eigenvalue weighted by molar-refractivity contribution is -0.130. The maximum Gasteiger partial charge on any atom is 0.223 e. The Bertz CT molecular complexity index is 499. The van der Waals surface area contributed by atoms with E-state index in [1.165, 1.54) is 37.9 Å². The number of hydrogen-bond acceptors (Lipinski definition) is 3. The molecule has 2 saturated heterocycles. The monoisotopic (exact) mass is 329 g/mol. The molecule has 0 spiro atoms. The lowest BCUT2D eigenvalue weighted by Gasteiger charge is -2.24. The van der Waals surface area contributed by atoms with Gasteiger partial charge in [-0.25, -0.2) is 0 Å². The summed E-state index contributed by atoms with van der Waals surface area (Å²) in [6.45, 7) is 8.35. The normalized spacial score (nSPS) is 20.5. The SMILES string of the molecule is O=C1CCN(CCCc2ccccc2)CCN1CCN1CCCC1. The van der Waals surface area contributed by atoms with Gasteiger partial charge in [0.25, 0.3) is 0 Å². The average molecular weight is 329 g/mol. The summed E-state index contributed by atoms with van der Waals surface area (Å²) in [6.07, 6.45) is 5.63. The molecule has 0 saturated carbocycles. The summed E-state index contributed by atoms with van der Waals surface area (Å²) in [7, 11) is 0. The van der Waals surface area contributed by atoms with E-state index in [-0.39, 0.29) is 0 Å². The van der Waals surface area contributed by atoms with Gasteiger partial charge in [-0.15, -0.1) is 0 Å². The summed E-state index contributed by atoms with van der Waals surface area (Å²) in [5, 5.41) is 0. The molecule has 132 valence electrons. The Balaban J connectivity index is 1.37. The zero-order chi connectivity index (χ0) is 16.6. The second-order valence-electron chi connectivity index (χ2n) is 7.11. The number of nitrogens with zero attached hydrogens (tertiary/aromatic N) is 3. The Hall–Kier alpha value is -1.39. The molecule has 4 nitrogen and oxygen atoms in total. The lowest BCUT2D eigenvalue weighted by atomic mass is 10.1. The Morgan fingerprint density at radius 1 is 0.792 bits per heavy atom. The number of rotatable bonds is 7. The third kappa shape index (κ3) is 5.32. The van der Waals surface area contributed by atoms with E-state index in [4.69, 9.17) is 0 Å². The summed E-state index contributed by atoms with van der Waals surface area (Å²) >= 11 is 0. The van der Waals surface area contributed by atoms with Crippen molar-refractivity contribution in [2.75, 3.05) is 52.4 Å². The first kappa shape index (κ1) is 17.4. The fourth-order valence-corrected chi connectivity index (χ4v) is 3.79. The number of hydrogen-bond donors (Lipinski definition) is 0. The van der Waals surface area contributed by atoms with Crippen LogP contribution in [0, 0.1) is 0 Å². The Morgan fingerprint density at radius 3 is 2.33 bits per heavy atom. The molecular weight excluding hydrogens is 298 g/mol. The van der Waals surface area contributed by atoms with E-state index in [0.29, 0.717) is 12.3 Å². The first-order chi connectivity index (χ1) is 11.8. The van der Waals surface area contributed by atoms with Crippen molar-refractivity contribution < 1.29 is 4.79 Å². The van der Waals surface area contributed by atoms with Crippen LogP contribution in [0.2, 0.25) is 0 Å². The van der Waals surface area contributed by atoms with Crippen LogP contribution in [0.4, 0.5) is 0 Å². The van der Waals surface area contributed by atoms with Crippen molar-refractivity contribution >= 4 is 5.91 Å². The third-order valence-electron chi connectivity index (χ3n) is 5.35. The number of amides is 1. The number of carbonyl (C=O) groups excluding carboxylic acids is 1. The second kappa shape index (κ2) is 9.19. The maximum atomic E-state index is 12.3. The first-order valence-corrected chi connectivity index (χ1v) is 9.58. The van der Waals surface area contributed by atoms with Crippen molar-refractivity contribution in [2.24, 2.45) is 0 Å². The van der Waals surface area contributed by atoms with Crippen LogP contribution in [0.15, 0.2) is 30.3 Å². The molecule has 2 aliphatic heterocycles. The van der Waals surface area contributed by atoms with Gasteiger partial charge in [-0.2, -0.15) is 0 Å². The minimum absolute atomic E-state index is 0.347. The highest BCUT2D eigenvalue weighted by Gasteiger charge is 2.21. The summed E-state index contributed by atoms with van der Waals surface area (Å²) < 4.78 is 0. The molecule has 0 radical (unpaired) electrons. The zero-order valence-corrected chi connectivity index (χ0v) is 14.8. The predicted octanol–water partition coefficient (Wildman–Crippen LogP) is 2.25. The molecule has 24 heavy (non-hydrogen) atoms. The van der Waals surface area contributed by atoms with Crippen molar-refractivity contribution in [3.8, 4) is 0 Å². The van der Waals surface area contributed by atoms with Crippen molar-refractivity contribution in [1.29, 1.82) is 0 Å². The van der Waals surface area contributed by atoms with E-state index in [2.05, 4.69) is 45.0 Å². The number of carbonyl (C=O) groups is 1. The topological polar surface area (TPSA) is 26.8 Å². The number of aryl methyl sites for hydroxylation is 1. The zero-order valence-electron chi connectivity index (χ0n) is 14.8. The Labute approximate surface area is 146 Å². The largest absolute Gasteiger partial charge is 0.340 e. The van der Waals surface area contributed by atoms with Crippen LogP contribution in [0.3, 0.4) is 0 Å². The Kier molecular flexibility index (Phi) is 6.67. The fourth-order valence-electron chi connectivity index (χ4n) is 3.79. The van der Waals surface area contributed by atoms with E-state index in [1.54, 1.807) is 0 Å².